The zero-order valence-corrected chi connectivity index (χ0v) is 21.3. The van der Waals surface area contributed by atoms with Crippen molar-refractivity contribution in [1.82, 2.24) is 10.5 Å². The lowest BCUT2D eigenvalue weighted by atomic mass is 9.86. The van der Waals surface area contributed by atoms with Crippen molar-refractivity contribution in [3.8, 4) is 0 Å². The van der Waals surface area contributed by atoms with Gasteiger partial charge in [-0.15, -0.1) is 0 Å². The number of nitrogens with one attached hydrogen (secondary N) is 1. The molecule has 0 spiro atoms. The molecule has 5 rings (SSSR count). The normalized spacial score (nSPS) is 14.4. The average molecular weight is 605 g/mol. The summed E-state index contributed by atoms with van der Waals surface area (Å²) in [4.78, 5) is 27.9. The number of hydrogen-bond donors (Lipinski definition) is 1. The molecule has 0 aliphatic carbocycles. The van der Waals surface area contributed by atoms with Crippen LogP contribution in [0.5, 0.6) is 0 Å². The molecule has 10 heteroatoms. The first-order valence-electron chi connectivity index (χ1n) is 11.0. The van der Waals surface area contributed by atoms with Crippen molar-refractivity contribution in [1.29, 1.82) is 0 Å². The van der Waals surface area contributed by atoms with E-state index >= 15 is 0 Å². The molecule has 2 amide bonds. The minimum atomic E-state index is -1.09. The number of para-hydroxylation sites is 1. The van der Waals surface area contributed by atoms with Crippen LogP contribution in [0.2, 0.25) is 0 Å². The summed E-state index contributed by atoms with van der Waals surface area (Å²) in [7, 11) is 0. The van der Waals surface area contributed by atoms with E-state index in [-0.39, 0.29) is 18.0 Å². The van der Waals surface area contributed by atoms with Crippen molar-refractivity contribution >= 4 is 51.1 Å². The molecule has 184 valence electrons. The maximum atomic E-state index is 14.0. The van der Waals surface area contributed by atoms with E-state index in [1.165, 1.54) is 0 Å². The molecule has 0 fully saturated rings. The number of aromatic nitrogens is 1. The predicted octanol–water partition coefficient (Wildman–Crippen LogP) is 5.60. The molecule has 1 aromatic heterocycles. The van der Waals surface area contributed by atoms with Crippen LogP contribution in [0.3, 0.4) is 0 Å². The van der Waals surface area contributed by atoms with Crippen LogP contribution in [0, 0.1) is 21.0 Å². The lowest BCUT2D eigenvalue weighted by molar-refractivity contribution is -0.122. The predicted molar refractivity (Wildman–Crippen MR) is 135 cm³/mol. The number of anilines is 1. The molecule has 0 bridgehead atoms. The number of rotatable bonds is 5. The molecule has 0 atom stereocenters. The van der Waals surface area contributed by atoms with Crippen molar-refractivity contribution < 1.29 is 27.3 Å². The molecule has 1 N–H and O–H groups in total. The van der Waals surface area contributed by atoms with Gasteiger partial charge in [0.2, 0.25) is 5.91 Å². The summed E-state index contributed by atoms with van der Waals surface area (Å²) < 4.78 is 47.2. The summed E-state index contributed by atoms with van der Waals surface area (Å²) in [6.07, 6.45) is 0. The SMILES string of the molecule is CC1(C)C(=O)N(Cc2noc3ccccc23)c2cc(C(=O)NCc3c(F)cc(F)cc3F)cc(I)c21. The highest BCUT2D eigenvalue weighted by atomic mass is 127. The second kappa shape index (κ2) is 8.91. The van der Waals surface area contributed by atoms with Gasteiger partial charge in [-0.1, -0.05) is 17.3 Å². The third kappa shape index (κ3) is 4.02. The Balaban J connectivity index is 1.47. The number of benzene rings is 3. The van der Waals surface area contributed by atoms with Crippen LogP contribution in [-0.2, 0) is 23.3 Å². The van der Waals surface area contributed by atoms with E-state index < -0.39 is 40.9 Å². The first-order valence-corrected chi connectivity index (χ1v) is 12.1. The fourth-order valence-electron chi connectivity index (χ4n) is 4.48. The van der Waals surface area contributed by atoms with E-state index in [1.807, 2.05) is 32.0 Å². The summed E-state index contributed by atoms with van der Waals surface area (Å²) in [5, 5.41) is 7.39. The second-order valence-corrected chi connectivity index (χ2v) is 10.2. The highest BCUT2D eigenvalue weighted by Crippen LogP contribution is 2.45. The number of carbonyl (C=O) groups excluding carboxylic acids is 2. The van der Waals surface area contributed by atoms with E-state index in [1.54, 1.807) is 23.1 Å². The van der Waals surface area contributed by atoms with E-state index in [0.29, 0.717) is 32.7 Å². The third-order valence-electron chi connectivity index (χ3n) is 6.32. The fraction of sp³-hybridized carbons (Fsp3) is 0.192. The van der Waals surface area contributed by atoms with Crippen LogP contribution in [0.25, 0.3) is 11.0 Å². The Labute approximate surface area is 217 Å². The Morgan fingerprint density at radius 3 is 2.53 bits per heavy atom. The van der Waals surface area contributed by atoms with Gasteiger partial charge in [0.05, 0.1) is 17.6 Å². The molecule has 1 aliphatic rings. The summed E-state index contributed by atoms with van der Waals surface area (Å²) in [6, 6.07) is 11.6. The van der Waals surface area contributed by atoms with Crippen molar-refractivity contribution in [3.05, 3.63) is 91.9 Å². The molecule has 0 radical (unpaired) electrons. The Morgan fingerprint density at radius 2 is 1.81 bits per heavy atom. The van der Waals surface area contributed by atoms with Gasteiger partial charge in [0.25, 0.3) is 5.91 Å². The number of halogens is 4. The van der Waals surface area contributed by atoms with Gasteiger partial charge in [0.15, 0.2) is 5.58 Å². The van der Waals surface area contributed by atoms with Gasteiger partial charge in [-0.25, -0.2) is 13.2 Å². The summed E-state index contributed by atoms with van der Waals surface area (Å²) >= 11 is 2.07. The van der Waals surface area contributed by atoms with Crippen LogP contribution < -0.4 is 10.2 Å². The van der Waals surface area contributed by atoms with Gasteiger partial charge in [-0.2, -0.15) is 0 Å². The van der Waals surface area contributed by atoms with Crippen molar-refractivity contribution in [3.63, 3.8) is 0 Å². The highest BCUT2D eigenvalue weighted by Gasteiger charge is 2.46. The average Bonchev–Trinajstić information content (AvgIpc) is 3.31. The van der Waals surface area contributed by atoms with Crippen LogP contribution in [0.15, 0.2) is 53.1 Å². The number of nitrogens with zero attached hydrogens (tertiary/aromatic N) is 2. The second-order valence-electron chi connectivity index (χ2n) is 9.02. The Bertz CT molecular complexity index is 1530. The molecule has 6 nitrogen and oxygen atoms in total. The third-order valence-corrected chi connectivity index (χ3v) is 7.17. The summed E-state index contributed by atoms with van der Waals surface area (Å²) in [6.45, 7) is 3.30. The molecule has 4 aromatic rings. The number of hydrogen-bond acceptors (Lipinski definition) is 4. The summed E-state index contributed by atoms with van der Waals surface area (Å²) in [5.74, 6) is -3.97. The molecule has 0 saturated heterocycles. The largest absolute Gasteiger partial charge is 0.356 e. The van der Waals surface area contributed by atoms with E-state index in [4.69, 9.17) is 4.52 Å². The number of carbonyl (C=O) groups is 2. The van der Waals surface area contributed by atoms with Gasteiger partial charge in [0.1, 0.15) is 23.1 Å². The lowest BCUT2D eigenvalue weighted by Gasteiger charge is -2.19. The quantitative estimate of drug-likeness (QED) is 0.301. The maximum absolute atomic E-state index is 14.0. The van der Waals surface area contributed by atoms with Crippen LogP contribution in [-0.4, -0.2) is 17.0 Å². The number of amides is 2. The van der Waals surface area contributed by atoms with Crippen molar-refractivity contribution in [2.24, 2.45) is 0 Å². The first kappa shape index (κ1) is 24.3. The van der Waals surface area contributed by atoms with Gasteiger partial charge >= 0.3 is 0 Å². The zero-order valence-electron chi connectivity index (χ0n) is 19.2. The van der Waals surface area contributed by atoms with E-state index in [0.717, 1.165) is 10.9 Å². The fourth-order valence-corrected chi connectivity index (χ4v) is 5.77. The minimum absolute atomic E-state index is 0.138. The van der Waals surface area contributed by atoms with Crippen LogP contribution in [0.1, 0.15) is 41.0 Å². The van der Waals surface area contributed by atoms with Crippen LogP contribution >= 0.6 is 22.6 Å². The van der Waals surface area contributed by atoms with Crippen LogP contribution in [0.4, 0.5) is 18.9 Å². The monoisotopic (exact) mass is 605 g/mol. The van der Waals surface area contributed by atoms with E-state index in [9.17, 15) is 22.8 Å². The first-order chi connectivity index (χ1) is 17.1. The molecule has 0 saturated carbocycles. The molecule has 36 heavy (non-hydrogen) atoms. The number of fused-ring (bicyclic) bond motifs is 2. The molecule has 2 heterocycles. The molecular weight excluding hydrogens is 586 g/mol. The Morgan fingerprint density at radius 1 is 1.11 bits per heavy atom. The standard InChI is InChI=1S/C26H19F3IN3O3/c1-26(2)23-19(30)7-13(24(34)31-11-16-17(28)9-14(27)10-18(16)29)8-21(23)33(25(26)35)12-20-15-5-3-4-6-22(15)36-32-20/h3-10H,11-12H2,1-2H3,(H,31,34). The minimum Gasteiger partial charge on any atom is -0.356 e. The van der Waals surface area contributed by atoms with Crippen molar-refractivity contribution in [2.75, 3.05) is 4.90 Å². The topological polar surface area (TPSA) is 75.4 Å². The van der Waals surface area contributed by atoms with Crippen molar-refractivity contribution in [2.45, 2.75) is 32.4 Å². The Hall–Kier alpha value is -3.41. The Kier molecular flexibility index (Phi) is 6.01. The van der Waals surface area contributed by atoms with Gasteiger partial charge in [-0.3, -0.25) is 9.59 Å². The van der Waals surface area contributed by atoms with Gasteiger partial charge < -0.3 is 14.7 Å². The van der Waals surface area contributed by atoms with Gasteiger partial charge in [0, 0.05) is 44.3 Å². The lowest BCUT2D eigenvalue weighted by Crippen LogP contribution is -2.36. The zero-order chi connectivity index (χ0) is 25.8. The van der Waals surface area contributed by atoms with E-state index in [2.05, 4.69) is 33.1 Å². The van der Waals surface area contributed by atoms with Gasteiger partial charge in [-0.05, 0) is 60.7 Å². The smallest absolute Gasteiger partial charge is 0.251 e. The molecular formula is C26H19F3IN3O3. The summed E-state index contributed by atoms with van der Waals surface area (Å²) in [5.41, 5.74) is 1.41. The highest BCUT2D eigenvalue weighted by molar-refractivity contribution is 14.1. The maximum Gasteiger partial charge on any atom is 0.251 e. The molecule has 3 aromatic carbocycles. The molecule has 0 unspecified atom stereocenters. The molecule has 1 aliphatic heterocycles.